The number of likely N-dealkylation sites (tertiary alicyclic amines) is 1. The lowest BCUT2D eigenvalue weighted by molar-refractivity contribution is -0.00987. The van der Waals surface area contributed by atoms with E-state index in [0.29, 0.717) is 37.1 Å². The standard InChI is InChI=1S/C19H20N4O3/c1-13-20-18(26-22-13)12-25-15-8-10-23(11-9-15)19(24)17-7-6-14-4-2-3-5-16(14)21-17/h2-7,15H,8-12H2,1H3. The van der Waals surface area contributed by atoms with Crippen molar-refractivity contribution in [2.75, 3.05) is 13.1 Å². The van der Waals surface area contributed by atoms with Crippen molar-refractivity contribution in [1.29, 1.82) is 0 Å². The summed E-state index contributed by atoms with van der Waals surface area (Å²) in [5.41, 5.74) is 1.33. The number of para-hydroxylation sites is 1. The Hall–Kier alpha value is -2.80. The van der Waals surface area contributed by atoms with Crippen LogP contribution < -0.4 is 0 Å². The Morgan fingerprint density at radius 3 is 2.77 bits per heavy atom. The lowest BCUT2D eigenvalue weighted by Crippen LogP contribution is -2.41. The molecule has 1 amide bonds. The molecule has 0 bridgehead atoms. The lowest BCUT2D eigenvalue weighted by atomic mass is 10.1. The van der Waals surface area contributed by atoms with Gasteiger partial charge < -0.3 is 14.2 Å². The molecule has 0 N–H and O–H groups in total. The van der Waals surface area contributed by atoms with E-state index in [2.05, 4.69) is 15.1 Å². The molecule has 3 heterocycles. The Kier molecular flexibility index (Phi) is 4.62. The summed E-state index contributed by atoms with van der Waals surface area (Å²) < 4.78 is 10.9. The molecule has 3 aromatic rings. The second-order valence-corrected chi connectivity index (χ2v) is 6.43. The van der Waals surface area contributed by atoms with Crippen LogP contribution >= 0.6 is 0 Å². The fraction of sp³-hybridized carbons (Fsp3) is 0.368. The summed E-state index contributed by atoms with van der Waals surface area (Å²) in [6.45, 7) is 3.39. The summed E-state index contributed by atoms with van der Waals surface area (Å²) in [4.78, 5) is 23.2. The van der Waals surface area contributed by atoms with Gasteiger partial charge in [0.1, 0.15) is 12.3 Å². The minimum absolute atomic E-state index is 0.0262. The molecule has 7 nitrogen and oxygen atoms in total. The molecule has 4 rings (SSSR count). The van der Waals surface area contributed by atoms with Crippen LogP contribution in [0.15, 0.2) is 40.9 Å². The van der Waals surface area contributed by atoms with Gasteiger partial charge in [0.25, 0.3) is 11.8 Å². The van der Waals surface area contributed by atoms with Crippen LogP contribution in [-0.2, 0) is 11.3 Å². The number of hydrogen-bond donors (Lipinski definition) is 0. The number of nitrogens with zero attached hydrogens (tertiary/aromatic N) is 4. The van der Waals surface area contributed by atoms with Gasteiger partial charge in [-0.2, -0.15) is 4.98 Å². The maximum atomic E-state index is 12.7. The summed E-state index contributed by atoms with van der Waals surface area (Å²) in [6, 6.07) is 11.5. The van der Waals surface area contributed by atoms with Crippen LogP contribution in [0.2, 0.25) is 0 Å². The molecule has 1 fully saturated rings. The fourth-order valence-corrected chi connectivity index (χ4v) is 3.16. The second kappa shape index (κ2) is 7.21. The quantitative estimate of drug-likeness (QED) is 0.718. The van der Waals surface area contributed by atoms with Gasteiger partial charge >= 0.3 is 0 Å². The number of benzene rings is 1. The molecular weight excluding hydrogens is 332 g/mol. The first-order valence-corrected chi connectivity index (χ1v) is 8.75. The van der Waals surface area contributed by atoms with Gasteiger partial charge in [-0.3, -0.25) is 4.79 Å². The van der Waals surface area contributed by atoms with Gasteiger partial charge in [0, 0.05) is 18.5 Å². The number of fused-ring (bicyclic) bond motifs is 1. The second-order valence-electron chi connectivity index (χ2n) is 6.43. The van der Waals surface area contributed by atoms with Crippen molar-refractivity contribution in [3.63, 3.8) is 0 Å². The first-order chi connectivity index (χ1) is 12.7. The number of rotatable bonds is 4. The average Bonchev–Trinajstić information content (AvgIpc) is 3.11. The van der Waals surface area contributed by atoms with E-state index in [4.69, 9.17) is 9.26 Å². The Balaban J connectivity index is 1.33. The highest BCUT2D eigenvalue weighted by atomic mass is 16.5. The number of ether oxygens (including phenoxy) is 1. The zero-order valence-corrected chi connectivity index (χ0v) is 14.6. The number of pyridine rings is 1. The van der Waals surface area contributed by atoms with Crippen molar-refractivity contribution in [1.82, 2.24) is 20.0 Å². The molecule has 26 heavy (non-hydrogen) atoms. The molecule has 1 saturated heterocycles. The molecule has 0 saturated carbocycles. The summed E-state index contributed by atoms with van der Waals surface area (Å²) in [5.74, 6) is 1.06. The van der Waals surface area contributed by atoms with Gasteiger partial charge in [-0.1, -0.05) is 29.4 Å². The highest BCUT2D eigenvalue weighted by molar-refractivity contribution is 5.94. The molecule has 0 aliphatic carbocycles. The zero-order valence-electron chi connectivity index (χ0n) is 14.6. The van der Waals surface area contributed by atoms with Crippen LogP contribution in [0, 0.1) is 6.92 Å². The van der Waals surface area contributed by atoms with Gasteiger partial charge in [0.15, 0.2) is 5.82 Å². The van der Waals surface area contributed by atoms with E-state index in [9.17, 15) is 4.79 Å². The Morgan fingerprint density at radius 2 is 2.00 bits per heavy atom. The number of carbonyl (C=O) groups excluding carboxylic acids is 1. The number of aromatic nitrogens is 3. The molecule has 2 aromatic heterocycles. The van der Waals surface area contributed by atoms with E-state index in [0.717, 1.165) is 23.7 Å². The Labute approximate surface area is 151 Å². The zero-order chi connectivity index (χ0) is 17.9. The third-order valence-corrected chi connectivity index (χ3v) is 4.56. The monoisotopic (exact) mass is 352 g/mol. The smallest absolute Gasteiger partial charge is 0.272 e. The van der Waals surface area contributed by atoms with Crippen molar-refractivity contribution in [2.24, 2.45) is 0 Å². The third kappa shape index (κ3) is 3.57. The van der Waals surface area contributed by atoms with Crippen molar-refractivity contribution in [2.45, 2.75) is 32.5 Å². The van der Waals surface area contributed by atoms with Crippen LogP contribution in [0.25, 0.3) is 10.9 Å². The summed E-state index contributed by atoms with van der Waals surface area (Å²) in [5, 5.41) is 4.78. The van der Waals surface area contributed by atoms with Gasteiger partial charge in [-0.25, -0.2) is 4.98 Å². The third-order valence-electron chi connectivity index (χ3n) is 4.56. The summed E-state index contributed by atoms with van der Waals surface area (Å²) >= 11 is 0. The van der Waals surface area contributed by atoms with E-state index in [1.165, 1.54) is 0 Å². The lowest BCUT2D eigenvalue weighted by Gasteiger charge is -2.31. The maximum absolute atomic E-state index is 12.7. The number of aryl methyl sites for hydroxylation is 1. The molecule has 1 aliphatic rings. The predicted octanol–water partition coefficient (Wildman–Crippen LogP) is 2.75. The van der Waals surface area contributed by atoms with Gasteiger partial charge in [0.05, 0.1) is 11.6 Å². The molecule has 1 aliphatic heterocycles. The number of amides is 1. The first kappa shape index (κ1) is 16.7. The topological polar surface area (TPSA) is 81.4 Å². The van der Waals surface area contributed by atoms with Crippen molar-refractivity contribution >= 4 is 16.8 Å². The predicted molar refractivity (Wildman–Crippen MR) is 94.5 cm³/mol. The van der Waals surface area contributed by atoms with Crippen LogP contribution in [0.3, 0.4) is 0 Å². The average molecular weight is 352 g/mol. The van der Waals surface area contributed by atoms with E-state index < -0.39 is 0 Å². The summed E-state index contributed by atoms with van der Waals surface area (Å²) in [7, 11) is 0. The number of hydrogen-bond acceptors (Lipinski definition) is 6. The van der Waals surface area contributed by atoms with E-state index in [-0.39, 0.29) is 12.0 Å². The maximum Gasteiger partial charge on any atom is 0.272 e. The number of piperidine rings is 1. The van der Waals surface area contributed by atoms with Crippen molar-refractivity contribution in [3.05, 3.63) is 53.8 Å². The van der Waals surface area contributed by atoms with Gasteiger partial charge in [-0.15, -0.1) is 0 Å². The molecule has 0 unspecified atom stereocenters. The first-order valence-electron chi connectivity index (χ1n) is 8.75. The number of carbonyl (C=O) groups is 1. The molecule has 0 radical (unpaired) electrons. The van der Waals surface area contributed by atoms with Crippen molar-refractivity contribution < 1.29 is 14.1 Å². The van der Waals surface area contributed by atoms with Gasteiger partial charge in [0.2, 0.25) is 0 Å². The van der Waals surface area contributed by atoms with E-state index in [1.54, 1.807) is 13.0 Å². The van der Waals surface area contributed by atoms with Crippen LogP contribution in [-0.4, -0.2) is 45.1 Å². The SMILES string of the molecule is Cc1noc(COC2CCN(C(=O)c3ccc4ccccc4n3)CC2)n1. The fourth-order valence-electron chi connectivity index (χ4n) is 3.16. The highest BCUT2D eigenvalue weighted by Crippen LogP contribution is 2.18. The van der Waals surface area contributed by atoms with Gasteiger partial charge in [-0.05, 0) is 31.9 Å². The largest absolute Gasteiger partial charge is 0.368 e. The van der Waals surface area contributed by atoms with Crippen molar-refractivity contribution in [3.8, 4) is 0 Å². The molecule has 7 heteroatoms. The van der Waals surface area contributed by atoms with Crippen LogP contribution in [0.4, 0.5) is 0 Å². The Bertz CT molecular complexity index is 916. The molecule has 0 spiro atoms. The highest BCUT2D eigenvalue weighted by Gasteiger charge is 2.25. The minimum atomic E-state index is -0.0262. The molecule has 1 aromatic carbocycles. The molecule has 0 atom stereocenters. The molecule has 134 valence electrons. The van der Waals surface area contributed by atoms with Crippen LogP contribution in [0.5, 0.6) is 0 Å². The van der Waals surface area contributed by atoms with Crippen LogP contribution in [0.1, 0.15) is 35.0 Å². The minimum Gasteiger partial charge on any atom is -0.368 e. The van der Waals surface area contributed by atoms with E-state index in [1.807, 2.05) is 35.2 Å². The Morgan fingerprint density at radius 1 is 1.19 bits per heavy atom. The molecular formula is C19H20N4O3. The normalized spacial score (nSPS) is 15.5. The van der Waals surface area contributed by atoms with E-state index >= 15 is 0 Å². The summed E-state index contributed by atoms with van der Waals surface area (Å²) in [6.07, 6.45) is 1.66.